The van der Waals surface area contributed by atoms with E-state index in [0.29, 0.717) is 19.8 Å². The normalized spacial score (nSPS) is 32.8. The van der Waals surface area contributed by atoms with E-state index in [4.69, 9.17) is 18.9 Å². The summed E-state index contributed by atoms with van der Waals surface area (Å²) in [6.07, 6.45) is 0.111. The highest BCUT2D eigenvalue weighted by Gasteiger charge is 2.33. The molecule has 2 rings (SSSR count). The van der Waals surface area contributed by atoms with Crippen LogP contribution in [-0.4, -0.2) is 50.1 Å². The first-order valence-corrected chi connectivity index (χ1v) is 6.19. The van der Waals surface area contributed by atoms with Gasteiger partial charge in [-0.05, 0) is 27.7 Å². The summed E-state index contributed by atoms with van der Waals surface area (Å²) in [5, 5.41) is 3.38. The molecule has 0 spiro atoms. The van der Waals surface area contributed by atoms with Gasteiger partial charge in [0.15, 0.2) is 11.6 Å². The second-order valence-corrected chi connectivity index (χ2v) is 5.58. The maximum Gasteiger partial charge on any atom is 0.163 e. The summed E-state index contributed by atoms with van der Waals surface area (Å²) in [5.74, 6) is -0.902. The zero-order valence-electron chi connectivity index (χ0n) is 11.1. The first-order valence-electron chi connectivity index (χ1n) is 6.19. The predicted molar refractivity (Wildman–Crippen MR) is 62.7 cm³/mol. The second-order valence-electron chi connectivity index (χ2n) is 5.58. The lowest BCUT2D eigenvalue weighted by Gasteiger charge is -2.35. The fourth-order valence-corrected chi connectivity index (χ4v) is 1.97. The minimum atomic E-state index is -0.451. The Labute approximate surface area is 103 Å². The third-order valence-corrected chi connectivity index (χ3v) is 2.97. The minimum absolute atomic E-state index is 0.111. The maximum atomic E-state index is 5.71. The van der Waals surface area contributed by atoms with Crippen LogP contribution in [0.3, 0.4) is 0 Å². The number of hydrogen-bond donors (Lipinski definition) is 1. The summed E-state index contributed by atoms with van der Waals surface area (Å²) in [6, 6.07) is 0.232. The highest BCUT2D eigenvalue weighted by molar-refractivity contribution is 4.78. The van der Waals surface area contributed by atoms with E-state index in [9.17, 15) is 0 Å². The molecule has 1 N–H and O–H groups in total. The SMILES string of the molecule is CC1(C)OCC(NCC2COC(C)(C)O2)CO1. The highest BCUT2D eigenvalue weighted by Crippen LogP contribution is 2.22. The molecule has 0 aromatic heterocycles. The molecule has 5 nitrogen and oxygen atoms in total. The number of hydrogen-bond acceptors (Lipinski definition) is 5. The Morgan fingerprint density at radius 1 is 0.941 bits per heavy atom. The molecule has 2 heterocycles. The van der Waals surface area contributed by atoms with Crippen LogP contribution in [0.2, 0.25) is 0 Å². The van der Waals surface area contributed by atoms with Crippen LogP contribution in [0.1, 0.15) is 27.7 Å². The highest BCUT2D eigenvalue weighted by atomic mass is 16.7. The quantitative estimate of drug-likeness (QED) is 0.800. The standard InChI is InChI=1S/C12H23NO4/c1-11(2)14-6-9(7-15-11)13-5-10-8-16-12(3,4)17-10/h9-10,13H,5-8H2,1-4H3. The monoisotopic (exact) mass is 245 g/mol. The lowest BCUT2D eigenvalue weighted by Crippen LogP contribution is -2.50. The van der Waals surface area contributed by atoms with Crippen LogP contribution >= 0.6 is 0 Å². The molecular weight excluding hydrogens is 222 g/mol. The molecule has 2 aliphatic rings. The molecule has 0 aromatic rings. The van der Waals surface area contributed by atoms with E-state index in [2.05, 4.69) is 5.32 Å². The molecule has 0 aliphatic carbocycles. The van der Waals surface area contributed by atoms with Crippen LogP contribution < -0.4 is 5.32 Å². The summed E-state index contributed by atoms with van der Waals surface area (Å²) in [5.41, 5.74) is 0. The molecular formula is C12H23NO4. The van der Waals surface area contributed by atoms with E-state index in [1.807, 2.05) is 27.7 Å². The van der Waals surface area contributed by atoms with Gasteiger partial charge in [0, 0.05) is 6.54 Å². The molecule has 2 fully saturated rings. The first kappa shape index (κ1) is 13.2. The molecule has 0 amide bonds. The van der Waals surface area contributed by atoms with Gasteiger partial charge in [-0.1, -0.05) is 0 Å². The van der Waals surface area contributed by atoms with Gasteiger partial charge in [0.25, 0.3) is 0 Å². The zero-order chi connectivity index (χ0) is 12.5. The van der Waals surface area contributed by atoms with E-state index < -0.39 is 11.6 Å². The van der Waals surface area contributed by atoms with Gasteiger partial charge in [-0.3, -0.25) is 0 Å². The van der Waals surface area contributed by atoms with Gasteiger partial charge in [-0.25, -0.2) is 0 Å². The molecule has 2 aliphatic heterocycles. The largest absolute Gasteiger partial charge is 0.349 e. The van der Waals surface area contributed by atoms with Crippen LogP contribution in [0.25, 0.3) is 0 Å². The van der Waals surface area contributed by atoms with Gasteiger partial charge in [0.2, 0.25) is 0 Å². The third-order valence-electron chi connectivity index (χ3n) is 2.97. The molecule has 1 unspecified atom stereocenters. The maximum absolute atomic E-state index is 5.71. The Hall–Kier alpha value is -0.200. The van der Waals surface area contributed by atoms with Crippen molar-refractivity contribution < 1.29 is 18.9 Å². The van der Waals surface area contributed by atoms with Crippen molar-refractivity contribution in [2.45, 2.75) is 51.4 Å². The fraction of sp³-hybridized carbons (Fsp3) is 1.00. The molecule has 17 heavy (non-hydrogen) atoms. The zero-order valence-corrected chi connectivity index (χ0v) is 11.1. The second kappa shape index (κ2) is 4.82. The fourth-order valence-electron chi connectivity index (χ4n) is 1.97. The van der Waals surface area contributed by atoms with E-state index in [1.54, 1.807) is 0 Å². The number of nitrogens with one attached hydrogen (secondary N) is 1. The van der Waals surface area contributed by atoms with Gasteiger partial charge in [0.1, 0.15) is 0 Å². The Balaban J connectivity index is 1.67. The lowest BCUT2D eigenvalue weighted by atomic mass is 10.2. The van der Waals surface area contributed by atoms with Crippen molar-refractivity contribution in [3.05, 3.63) is 0 Å². The van der Waals surface area contributed by atoms with Gasteiger partial charge in [0.05, 0.1) is 32.0 Å². The Kier molecular flexibility index (Phi) is 3.75. The van der Waals surface area contributed by atoms with Crippen molar-refractivity contribution in [1.82, 2.24) is 5.32 Å². The van der Waals surface area contributed by atoms with Crippen molar-refractivity contribution in [1.29, 1.82) is 0 Å². The average molecular weight is 245 g/mol. The summed E-state index contributed by atoms with van der Waals surface area (Å²) in [6.45, 7) is 10.5. The smallest absolute Gasteiger partial charge is 0.163 e. The van der Waals surface area contributed by atoms with Crippen LogP contribution in [0, 0.1) is 0 Å². The van der Waals surface area contributed by atoms with Crippen molar-refractivity contribution in [2.75, 3.05) is 26.4 Å². The van der Waals surface area contributed by atoms with E-state index in [0.717, 1.165) is 6.54 Å². The third kappa shape index (κ3) is 3.89. The molecule has 0 aromatic carbocycles. The van der Waals surface area contributed by atoms with Gasteiger partial charge in [-0.2, -0.15) is 0 Å². The molecule has 1 atom stereocenters. The van der Waals surface area contributed by atoms with Crippen LogP contribution in [0.15, 0.2) is 0 Å². The molecule has 0 radical (unpaired) electrons. The summed E-state index contributed by atoms with van der Waals surface area (Å²) in [7, 11) is 0. The lowest BCUT2D eigenvalue weighted by molar-refractivity contribution is -0.253. The van der Waals surface area contributed by atoms with Gasteiger partial charge in [-0.15, -0.1) is 0 Å². The van der Waals surface area contributed by atoms with Crippen LogP contribution in [-0.2, 0) is 18.9 Å². The van der Waals surface area contributed by atoms with Crippen molar-refractivity contribution >= 4 is 0 Å². The van der Waals surface area contributed by atoms with Crippen molar-refractivity contribution in [3.63, 3.8) is 0 Å². The van der Waals surface area contributed by atoms with Crippen molar-refractivity contribution in [3.8, 4) is 0 Å². The van der Waals surface area contributed by atoms with Crippen LogP contribution in [0.4, 0.5) is 0 Å². The minimum Gasteiger partial charge on any atom is -0.349 e. The predicted octanol–water partition coefficient (Wildman–Crippen LogP) is 0.879. The molecule has 0 bridgehead atoms. The topological polar surface area (TPSA) is 49.0 Å². The molecule has 100 valence electrons. The number of ether oxygens (including phenoxy) is 4. The summed E-state index contributed by atoms with van der Waals surface area (Å²) < 4.78 is 22.4. The molecule has 2 saturated heterocycles. The van der Waals surface area contributed by atoms with Gasteiger partial charge >= 0.3 is 0 Å². The van der Waals surface area contributed by atoms with Crippen molar-refractivity contribution in [2.24, 2.45) is 0 Å². The molecule has 5 heteroatoms. The van der Waals surface area contributed by atoms with E-state index in [-0.39, 0.29) is 12.1 Å². The number of rotatable bonds is 3. The average Bonchev–Trinajstić information content (AvgIpc) is 2.57. The van der Waals surface area contributed by atoms with Crippen LogP contribution in [0.5, 0.6) is 0 Å². The van der Waals surface area contributed by atoms with E-state index >= 15 is 0 Å². The molecule has 0 saturated carbocycles. The van der Waals surface area contributed by atoms with Gasteiger partial charge < -0.3 is 24.3 Å². The Morgan fingerprint density at radius 2 is 1.53 bits per heavy atom. The first-order chi connectivity index (χ1) is 7.86. The Morgan fingerprint density at radius 3 is 2.06 bits per heavy atom. The Bertz CT molecular complexity index is 257. The summed E-state index contributed by atoms with van der Waals surface area (Å²) in [4.78, 5) is 0. The summed E-state index contributed by atoms with van der Waals surface area (Å²) >= 11 is 0. The van der Waals surface area contributed by atoms with E-state index in [1.165, 1.54) is 0 Å².